The van der Waals surface area contributed by atoms with E-state index >= 15 is 0 Å². The maximum absolute atomic E-state index is 14.0. The van der Waals surface area contributed by atoms with Crippen molar-refractivity contribution in [2.24, 2.45) is 7.05 Å². The van der Waals surface area contributed by atoms with Crippen molar-refractivity contribution in [2.75, 3.05) is 6.54 Å². The fraction of sp³-hybridized carbons (Fsp3) is 0.346. The van der Waals surface area contributed by atoms with Crippen molar-refractivity contribution in [1.29, 1.82) is 0 Å². The minimum absolute atomic E-state index is 0.0605. The summed E-state index contributed by atoms with van der Waals surface area (Å²) in [6.07, 6.45) is 6.39. The van der Waals surface area contributed by atoms with Crippen molar-refractivity contribution < 1.29 is 18.0 Å². The van der Waals surface area contributed by atoms with Gasteiger partial charge in [-0.3, -0.25) is 14.4 Å². The molecule has 0 aliphatic carbocycles. The largest absolute Gasteiger partial charge is 0.291 e. The van der Waals surface area contributed by atoms with Crippen LogP contribution in [0.3, 0.4) is 0 Å². The molecule has 0 saturated carbocycles. The van der Waals surface area contributed by atoms with Gasteiger partial charge in [-0.05, 0) is 56.9 Å². The van der Waals surface area contributed by atoms with E-state index in [9.17, 15) is 18.0 Å². The predicted molar refractivity (Wildman–Crippen MR) is 128 cm³/mol. The lowest BCUT2D eigenvalue weighted by molar-refractivity contribution is 0.0559. The molecule has 0 unspecified atom stereocenters. The number of aryl methyl sites for hydroxylation is 2. The average molecular weight is 508 g/mol. The topological polar surface area (TPSA) is 81.7 Å². The summed E-state index contributed by atoms with van der Waals surface area (Å²) in [5.74, 6) is -4.07. The number of nitrogens with zero attached hydrogens (tertiary/aromatic N) is 7. The molecule has 2 aliphatic heterocycles. The van der Waals surface area contributed by atoms with Crippen molar-refractivity contribution in [3.05, 3.63) is 76.8 Å². The number of hydrogen-bond donors (Lipinski definition) is 0. The third kappa shape index (κ3) is 4.03. The van der Waals surface area contributed by atoms with Gasteiger partial charge in [-0.25, -0.2) is 18.2 Å². The van der Waals surface area contributed by atoms with Crippen LogP contribution in [0, 0.1) is 24.4 Å². The van der Waals surface area contributed by atoms with Gasteiger partial charge in [0.25, 0.3) is 0 Å². The molecule has 6 rings (SSSR count). The Hall–Kier alpha value is -3.86. The summed E-state index contributed by atoms with van der Waals surface area (Å²) in [5, 5.41) is 13.0. The zero-order valence-corrected chi connectivity index (χ0v) is 20.3. The number of rotatable bonds is 5. The first-order valence-corrected chi connectivity index (χ1v) is 12.1. The molecule has 1 aromatic carbocycles. The van der Waals surface area contributed by atoms with E-state index in [4.69, 9.17) is 5.10 Å². The summed E-state index contributed by atoms with van der Waals surface area (Å²) in [6.45, 7) is 1.99. The van der Waals surface area contributed by atoms with Crippen LogP contribution in [-0.2, 0) is 13.5 Å². The summed E-state index contributed by atoms with van der Waals surface area (Å²) < 4.78 is 43.3. The van der Waals surface area contributed by atoms with Crippen molar-refractivity contribution in [3.8, 4) is 16.9 Å². The van der Waals surface area contributed by atoms with Crippen LogP contribution in [0.5, 0.6) is 0 Å². The van der Waals surface area contributed by atoms with Crippen molar-refractivity contribution in [1.82, 2.24) is 34.7 Å². The lowest BCUT2D eigenvalue weighted by atomic mass is 9.81. The van der Waals surface area contributed by atoms with E-state index in [2.05, 4.69) is 20.1 Å². The maximum Gasteiger partial charge on any atom is 0.195 e. The summed E-state index contributed by atoms with van der Waals surface area (Å²) in [6, 6.07) is 5.48. The standard InChI is InChI=1S/C26H24F3N7O/c1-14-8-17(36-30-6-7-31-36)12-21(32-14)23(37)13-35-16-4-3-5-22(35)25-18(11-16)26(34(2)33-25)15-9-19(27)24(29)20(28)10-15/h6-10,12,16,22H,3-5,11,13H2,1-2H3/t16-,22+/m0/s1. The Kier molecular flexibility index (Phi) is 5.67. The van der Waals surface area contributed by atoms with Crippen LogP contribution in [0.4, 0.5) is 13.2 Å². The van der Waals surface area contributed by atoms with Crippen molar-refractivity contribution in [3.63, 3.8) is 0 Å². The molecule has 0 radical (unpaired) electrons. The van der Waals surface area contributed by atoms with Crippen LogP contribution < -0.4 is 0 Å². The van der Waals surface area contributed by atoms with E-state index in [0.717, 1.165) is 42.7 Å². The zero-order chi connectivity index (χ0) is 25.8. The summed E-state index contributed by atoms with van der Waals surface area (Å²) in [7, 11) is 1.72. The van der Waals surface area contributed by atoms with E-state index in [-0.39, 0.29) is 30.0 Å². The fourth-order valence-corrected chi connectivity index (χ4v) is 5.74. The van der Waals surface area contributed by atoms with Crippen LogP contribution in [0.2, 0.25) is 0 Å². The highest BCUT2D eigenvalue weighted by molar-refractivity contribution is 5.96. The number of ketones is 1. The number of piperidine rings is 1. The van der Waals surface area contributed by atoms with Crippen LogP contribution >= 0.6 is 0 Å². The summed E-state index contributed by atoms with van der Waals surface area (Å²) in [5.41, 5.74) is 4.21. The van der Waals surface area contributed by atoms with Crippen molar-refractivity contribution >= 4 is 5.78 Å². The molecular weight excluding hydrogens is 483 g/mol. The number of aromatic nitrogens is 6. The normalized spacial score (nSPS) is 19.2. The minimum atomic E-state index is -1.49. The van der Waals surface area contributed by atoms with Gasteiger partial charge < -0.3 is 0 Å². The molecule has 4 aromatic rings. The molecule has 37 heavy (non-hydrogen) atoms. The van der Waals surface area contributed by atoms with Gasteiger partial charge in [0.1, 0.15) is 5.69 Å². The Morgan fingerprint density at radius 3 is 2.51 bits per heavy atom. The Morgan fingerprint density at radius 1 is 1.05 bits per heavy atom. The molecule has 0 spiro atoms. The molecule has 8 nitrogen and oxygen atoms in total. The van der Waals surface area contributed by atoms with Gasteiger partial charge in [0.15, 0.2) is 23.2 Å². The maximum atomic E-state index is 14.0. The molecule has 2 aliphatic rings. The SMILES string of the molecule is Cc1cc(-n2nccn2)cc(C(=O)CN2[C@H]3CCC[C@@H]2c2nn(C)c(-c4cc(F)c(F)c(F)c4)c2C3)n1. The quantitative estimate of drug-likeness (QED) is 0.299. The zero-order valence-electron chi connectivity index (χ0n) is 20.3. The molecule has 190 valence electrons. The second-order valence-corrected chi connectivity index (χ2v) is 9.66. The highest BCUT2D eigenvalue weighted by atomic mass is 19.2. The average Bonchev–Trinajstić information content (AvgIpc) is 3.50. The number of carbonyl (C=O) groups excluding carboxylic acids is 1. The Labute approximate surface area is 210 Å². The van der Waals surface area contributed by atoms with Gasteiger partial charge >= 0.3 is 0 Å². The Morgan fingerprint density at radius 2 is 1.78 bits per heavy atom. The van der Waals surface area contributed by atoms with Crippen molar-refractivity contribution in [2.45, 2.75) is 44.7 Å². The number of fused-ring (bicyclic) bond motifs is 4. The second-order valence-electron chi connectivity index (χ2n) is 9.66. The third-order valence-electron chi connectivity index (χ3n) is 7.27. The van der Waals surface area contributed by atoms with E-state index in [1.807, 2.05) is 13.0 Å². The molecule has 2 bridgehead atoms. The lowest BCUT2D eigenvalue weighted by Gasteiger charge is -2.45. The molecule has 11 heteroatoms. The van der Waals surface area contributed by atoms with Gasteiger partial charge in [0.2, 0.25) is 0 Å². The summed E-state index contributed by atoms with van der Waals surface area (Å²) in [4.78, 5) is 21.5. The number of Topliss-reactive ketones (excluding diaryl/α,β-unsaturated/α-hetero) is 1. The van der Waals surface area contributed by atoms with E-state index in [0.29, 0.717) is 29.2 Å². The first-order chi connectivity index (χ1) is 17.8. The van der Waals surface area contributed by atoms with Gasteiger partial charge in [-0.2, -0.15) is 20.1 Å². The van der Waals surface area contributed by atoms with Gasteiger partial charge in [0.05, 0.1) is 42.1 Å². The molecule has 1 fully saturated rings. The molecule has 5 heterocycles. The third-order valence-corrected chi connectivity index (χ3v) is 7.27. The highest BCUT2D eigenvalue weighted by Gasteiger charge is 2.42. The van der Waals surface area contributed by atoms with E-state index in [1.165, 1.54) is 4.80 Å². The lowest BCUT2D eigenvalue weighted by Crippen LogP contribution is -2.48. The van der Waals surface area contributed by atoms with Crippen LogP contribution in [0.25, 0.3) is 16.9 Å². The number of hydrogen-bond acceptors (Lipinski definition) is 6. The van der Waals surface area contributed by atoms with Crippen LogP contribution in [-0.4, -0.2) is 53.0 Å². The molecule has 0 N–H and O–H groups in total. The number of halogens is 3. The molecule has 0 amide bonds. The molecule has 3 aromatic heterocycles. The first kappa shape index (κ1) is 23.5. The predicted octanol–water partition coefficient (Wildman–Crippen LogP) is 4.12. The number of carbonyl (C=O) groups is 1. The van der Waals surface area contributed by atoms with E-state index < -0.39 is 17.5 Å². The fourth-order valence-electron chi connectivity index (χ4n) is 5.74. The van der Waals surface area contributed by atoms with Crippen LogP contribution in [0.1, 0.15) is 52.7 Å². The molecule has 2 atom stereocenters. The monoisotopic (exact) mass is 507 g/mol. The molecular formula is C26H24F3N7O. The Bertz CT molecular complexity index is 1490. The first-order valence-electron chi connectivity index (χ1n) is 12.1. The van der Waals surface area contributed by atoms with Gasteiger partial charge in [-0.15, -0.1) is 0 Å². The van der Waals surface area contributed by atoms with Crippen LogP contribution in [0.15, 0.2) is 36.7 Å². The summed E-state index contributed by atoms with van der Waals surface area (Å²) >= 11 is 0. The van der Waals surface area contributed by atoms with Gasteiger partial charge in [-0.1, -0.05) is 0 Å². The number of pyridine rings is 1. The Balaban J connectivity index is 1.33. The van der Waals surface area contributed by atoms with E-state index in [1.54, 1.807) is 30.2 Å². The minimum Gasteiger partial charge on any atom is -0.291 e. The molecule has 1 saturated heterocycles. The smallest absolute Gasteiger partial charge is 0.195 e. The highest BCUT2D eigenvalue weighted by Crippen LogP contribution is 2.44. The number of benzene rings is 1. The second kappa shape index (κ2) is 8.91. The van der Waals surface area contributed by atoms with Gasteiger partial charge in [0, 0.05) is 29.9 Å².